The van der Waals surface area contributed by atoms with E-state index in [1.165, 1.54) is 0 Å². The van der Waals surface area contributed by atoms with Crippen LogP contribution in [0.2, 0.25) is 0 Å². The van der Waals surface area contributed by atoms with E-state index in [0.717, 1.165) is 12.8 Å². The molecule has 0 heterocycles. The third-order valence-electron chi connectivity index (χ3n) is 3.83. The lowest BCUT2D eigenvalue weighted by Gasteiger charge is -2.28. The van der Waals surface area contributed by atoms with Crippen LogP contribution in [-0.2, 0) is 14.3 Å². The second-order valence-corrected chi connectivity index (χ2v) is 4.91. The lowest BCUT2D eigenvalue weighted by Crippen LogP contribution is -2.27. The van der Waals surface area contributed by atoms with Crippen LogP contribution in [0, 0.1) is 23.7 Å². The van der Waals surface area contributed by atoms with Gasteiger partial charge in [-0.1, -0.05) is 19.1 Å². The van der Waals surface area contributed by atoms with Crippen LogP contribution in [0.4, 0.5) is 0 Å². The van der Waals surface area contributed by atoms with Gasteiger partial charge < -0.3 is 9.47 Å². The summed E-state index contributed by atoms with van der Waals surface area (Å²) in [5, 5.41) is 0. The van der Waals surface area contributed by atoms with Gasteiger partial charge in [0.15, 0.2) is 0 Å². The number of rotatable bonds is 4. The van der Waals surface area contributed by atoms with Gasteiger partial charge in [-0.3, -0.25) is 4.79 Å². The van der Waals surface area contributed by atoms with Crippen molar-refractivity contribution in [2.75, 3.05) is 20.5 Å². The molecule has 2 rings (SSSR count). The summed E-state index contributed by atoms with van der Waals surface area (Å²) in [5.74, 6) is 1.81. The summed E-state index contributed by atoms with van der Waals surface area (Å²) in [6, 6.07) is 0. The number of allylic oxidation sites excluding steroid dienone is 1. The second kappa shape index (κ2) is 5.11. The Labute approximate surface area is 96.8 Å². The molecule has 0 amide bonds. The van der Waals surface area contributed by atoms with Crippen molar-refractivity contribution in [2.24, 2.45) is 23.7 Å². The predicted molar refractivity (Wildman–Crippen MR) is 60.8 cm³/mol. The lowest BCUT2D eigenvalue weighted by molar-refractivity contribution is -0.124. The number of ether oxygens (including phenoxy) is 2. The molecule has 3 nitrogen and oxygen atoms in total. The average molecular weight is 224 g/mol. The molecule has 2 aliphatic carbocycles. The molecule has 0 radical (unpaired) electrons. The Kier molecular flexibility index (Phi) is 3.77. The number of hydrogen-bond acceptors (Lipinski definition) is 3. The van der Waals surface area contributed by atoms with Gasteiger partial charge >= 0.3 is 0 Å². The summed E-state index contributed by atoms with van der Waals surface area (Å²) in [6.45, 7) is 3.06. The Morgan fingerprint density at radius 3 is 3.06 bits per heavy atom. The Morgan fingerprint density at radius 2 is 2.31 bits per heavy atom. The maximum absolute atomic E-state index is 11.9. The minimum atomic E-state index is 0.236. The maximum Gasteiger partial charge on any atom is 0.146 e. The molecule has 0 aliphatic heterocycles. The van der Waals surface area contributed by atoms with E-state index in [4.69, 9.17) is 9.47 Å². The third kappa shape index (κ3) is 2.20. The molecule has 0 aromatic heterocycles. The van der Waals surface area contributed by atoms with Gasteiger partial charge in [0.2, 0.25) is 0 Å². The van der Waals surface area contributed by atoms with Gasteiger partial charge in [-0.15, -0.1) is 0 Å². The first-order chi connectivity index (χ1) is 7.74. The monoisotopic (exact) mass is 224 g/mol. The molecular formula is C13H20O3. The van der Waals surface area contributed by atoms with E-state index in [2.05, 4.69) is 12.2 Å². The molecule has 0 N–H and O–H groups in total. The van der Waals surface area contributed by atoms with E-state index in [-0.39, 0.29) is 11.8 Å². The van der Waals surface area contributed by atoms with Crippen molar-refractivity contribution in [1.82, 2.24) is 0 Å². The molecule has 16 heavy (non-hydrogen) atoms. The van der Waals surface area contributed by atoms with Crippen molar-refractivity contribution in [1.29, 1.82) is 0 Å². The molecule has 0 aromatic carbocycles. The molecule has 0 spiro atoms. The largest absolute Gasteiger partial charge is 0.359 e. The normalized spacial score (nSPS) is 37.8. The van der Waals surface area contributed by atoms with Crippen molar-refractivity contribution in [2.45, 2.75) is 19.8 Å². The van der Waals surface area contributed by atoms with Crippen LogP contribution < -0.4 is 0 Å². The van der Waals surface area contributed by atoms with E-state index in [9.17, 15) is 4.79 Å². The van der Waals surface area contributed by atoms with Crippen LogP contribution in [0.3, 0.4) is 0 Å². The van der Waals surface area contributed by atoms with E-state index in [0.29, 0.717) is 31.0 Å². The molecule has 90 valence electrons. The van der Waals surface area contributed by atoms with Crippen LogP contribution in [-0.4, -0.2) is 26.3 Å². The van der Waals surface area contributed by atoms with Gasteiger partial charge in [0, 0.05) is 24.9 Å². The predicted octanol–water partition coefficient (Wildman–Crippen LogP) is 2.02. The first-order valence-corrected chi connectivity index (χ1v) is 6.01. The van der Waals surface area contributed by atoms with Crippen LogP contribution in [0.5, 0.6) is 0 Å². The molecule has 2 aliphatic rings. The van der Waals surface area contributed by atoms with Gasteiger partial charge in [0.25, 0.3) is 0 Å². The summed E-state index contributed by atoms with van der Waals surface area (Å²) in [6.07, 6.45) is 6.30. The Balaban J connectivity index is 1.96. The molecule has 0 unspecified atom stereocenters. The molecule has 0 aromatic rings. The zero-order chi connectivity index (χ0) is 11.5. The SMILES string of the molecule is COCOC[C@H]1C=CC[C@@H]2C(=O)[C@@H](C)C[C@H]12. The average Bonchev–Trinajstić information content (AvgIpc) is 2.57. The van der Waals surface area contributed by atoms with Gasteiger partial charge in [-0.2, -0.15) is 0 Å². The minimum Gasteiger partial charge on any atom is -0.359 e. The summed E-state index contributed by atoms with van der Waals surface area (Å²) >= 11 is 0. The quantitative estimate of drug-likeness (QED) is 0.416. The van der Waals surface area contributed by atoms with Gasteiger partial charge in [-0.25, -0.2) is 0 Å². The Bertz CT molecular complexity index is 285. The molecule has 1 saturated carbocycles. The fourth-order valence-corrected chi connectivity index (χ4v) is 3.02. The van der Waals surface area contributed by atoms with Crippen molar-refractivity contribution < 1.29 is 14.3 Å². The summed E-state index contributed by atoms with van der Waals surface area (Å²) in [7, 11) is 1.63. The zero-order valence-electron chi connectivity index (χ0n) is 10.0. The standard InChI is InChI=1S/C13H20O3/c1-9-6-12-10(7-16-8-15-2)4-3-5-11(12)13(9)14/h3-4,9-12H,5-8H2,1-2H3/t9-,10+,11-,12+/m0/s1. The van der Waals surface area contributed by atoms with Crippen molar-refractivity contribution in [3.05, 3.63) is 12.2 Å². The highest BCUT2D eigenvalue weighted by Crippen LogP contribution is 2.43. The van der Waals surface area contributed by atoms with Crippen molar-refractivity contribution >= 4 is 5.78 Å². The highest BCUT2D eigenvalue weighted by Gasteiger charge is 2.43. The molecular weight excluding hydrogens is 204 g/mol. The highest BCUT2D eigenvalue weighted by molar-refractivity contribution is 5.86. The van der Waals surface area contributed by atoms with Gasteiger partial charge in [0.05, 0.1) is 6.61 Å². The maximum atomic E-state index is 11.9. The Morgan fingerprint density at radius 1 is 1.50 bits per heavy atom. The summed E-state index contributed by atoms with van der Waals surface area (Å²) in [4.78, 5) is 11.9. The van der Waals surface area contributed by atoms with Crippen LogP contribution in [0.1, 0.15) is 19.8 Å². The third-order valence-corrected chi connectivity index (χ3v) is 3.83. The zero-order valence-corrected chi connectivity index (χ0v) is 10.0. The second-order valence-electron chi connectivity index (χ2n) is 4.91. The molecule has 0 saturated heterocycles. The first kappa shape index (κ1) is 11.8. The van der Waals surface area contributed by atoms with E-state index in [1.54, 1.807) is 7.11 Å². The molecule has 1 fully saturated rings. The minimum absolute atomic E-state index is 0.236. The number of Topliss-reactive ketones (excluding diaryl/α,β-unsaturated/α-hetero) is 1. The fraction of sp³-hybridized carbons (Fsp3) is 0.769. The number of hydrogen-bond donors (Lipinski definition) is 0. The Hall–Kier alpha value is -0.670. The van der Waals surface area contributed by atoms with Crippen molar-refractivity contribution in [3.63, 3.8) is 0 Å². The highest BCUT2D eigenvalue weighted by atomic mass is 16.7. The molecule has 0 bridgehead atoms. The number of carbonyl (C=O) groups excluding carboxylic acids is 1. The number of ketones is 1. The number of fused-ring (bicyclic) bond motifs is 1. The van der Waals surface area contributed by atoms with Crippen LogP contribution in [0.25, 0.3) is 0 Å². The van der Waals surface area contributed by atoms with Gasteiger partial charge in [-0.05, 0) is 18.8 Å². The van der Waals surface area contributed by atoms with Crippen LogP contribution in [0.15, 0.2) is 12.2 Å². The van der Waals surface area contributed by atoms with Gasteiger partial charge in [0.1, 0.15) is 12.6 Å². The number of carbonyl (C=O) groups is 1. The van der Waals surface area contributed by atoms with E-state index >= 15 is 0 Å². The molecule has 4 atom stereocenters. The summed E-state index contributed by atoms with van der Waals surface area (Å²) in [5.41, 5.74) is 0. The van der Waals surface area contributed by atoms with Crippen LogP contribution >= 0.6 is 0 Å². The topological polar surface area (TPSA) is 35.5 Å². The fourth-order valence-electron chi connectivity index (χ4n) is 3.02. The summed E-state index contributed by atoms with van der Waals surface area (Å²) < 4.78 is 10.3. The van der Waals surface area contributed by atoms with E-state index in [1.807, 2.05) is 6.92 Å². The number of methoxy groups -OCH3 is 1. The smallest absolute Gasteiger partial charge is 0.146 e. The molecule has 3 heteroatoms. The lowest BCUT2D eigenvalue weighted by atomic mass is 9.78. The first-order valence-electron chi connectivity index (χ1n) is 6.01. The van der Waals surface area contributed by atoms with E-state index < -0.39 is 0 Å². The van der Waals surface area contributed by atoms with Crippen molar-refractivity contribution in [3.8, 4) is 0 Å².